The molecule has 0 aliphatic heterocycles. The predicted octanol–water partition coefficient (Wildman–Crippen LogP) is 5.24. The Labute approximate surface area is 118 Å². The highest BCUT2D eigenvalue weighted by Crippen LogP contribution is 2.27. The lowest BCUT2D eigenvalue weighted by Crippen LogP contribution is -1.93. The second-order valence-corrected chi connectivity index (χ2v) is 5.83. The molecular formula is C15H11BrOS. The molecule has 0 saturated carbocycles. The fourth-order valence-corrected chi connectivity index (χ4v) is 3.05. The number of ether oxygens (including phenoxy) is 1. The summed E-state index contributed by atoms with van der Waals surface area (Å²) in [5.74, 6) is 0.897. The first kappa shape index (κ1) is 11.8. The van der Waals surface area contributed by atoms with Crippen molar-refractivity contribution in [2.45, 2.75) is 6.61 Å². The van der Waals surface area contributed by atoms with E-state index in [1.165, 1.54) is 15.6 Å². The first-order chi connectivity index (χ1) is 8.83. The molecule has 1 aromatic heterocycles. The molecule has 3 heteroatoms. The highest BCUT2D eigenvalue weighted by atomic mass is 79.9. The van der Waals surface area contributed by atoms with Crippen molar-refractivity contribution >= 4 is 37.4 Å². The van der Waals surface area contributed by atoms with Gasteiger partial charge >= 0.3 is 0 Å². The minimum Gasteiger partial charge on any atom is -0.489 e. The van der Waals surface area contributed by atoms with Gasteiger partial charge in [0.05, 0.1) is 0 Å². The Kier molecular flexibility index (Phi) is 3.35. The smallest absolute Gasteiger partial charge is 0.119 e. The van der Waals surface area contributed by atoms with Gasteiger partial charge in [0.1, 0.15) is 12.4 Å². The van der Waals surface area contributed by atoms with Crippen molar-refractivity contribution in [3.8, 4) is 5.75 Å². The van der Waals surface area contributed by atoms with E-state index >= 15 is 0 Å². The number of halogens is 1. The Balaban J connectivity index is 1.79. The third-order valence-corrected chi connectivity index (χ3v) is 4.31. The third-order valence-electron chi connectivity index (χ3n) is 2.77. The molecule has 0 saturated heterocycles. The first-order valence-electron chi connectivity index (χ1n) is 5.66. The third kappa shape index (κ3) is 2.42. The van der Waals surface area contributed by atoms with E-state index in [9.17, 15) is 0 Å². The Morgan fingerprint density at radius 2 is 1.78 bits per heavy atom. The molecule has 0 aliphatic rings. The maximum absolute atomic E-state index is 5.80. The van der Waals surface area contributed by atoms with Crippen LogP contribution >= 0.6 is 27.3 Å². The molecule has 0 unspecified atom stereocenters. The van der Waals surface area contributed by atoms with Crippen LogP contribution in [0, 0.1) is 0 Å². The van der Waals surface area contributed by atoms with Crippen LogP contribution in [-0.4, -0.2) is 0 Å². The van der Waals surface area contributed by atoms with Crippen LogP contribution in [0.25, 0.3) is 10.1 Å². The zero-order chi connectivity index (χ0) is 12.4. The summed E-state index contributed by atoms with van der Waals surface area (Å²) >= 11 is 5.18. The minimum atomic E-state index is 0.617. The summed E-state index contributed by atoms with van der Waals surface area (Å²) in [7, 11) is 0. The van der Waals surface area contributed by atoms with Crippen molar-refractivity contribution in [1.82, 2.24) is 0 Å². The van der Waals surface area contributed by atoms with E-state index in [1.807, 2.05) is 24.3 Å². The van der Waals surface area contributed by atoms with Crippen molar-refractivity contribution in [1.29, 1.82) is 0 Å². The minimum absolute atomic E-state index is 0.617. The number of benzene rings is 2. The Hall–Kier alpha value is -1.32. The number of fused-ring (bicyclic) bond motifs is 1. The summed E-state index contributed by atoms with van der Waals surface area (Å²) < 4.78 is 8.18. The molecule has 3 rings (SSSR count). The summed E-state index contributed by atoms with van der Waals surface area (Å²) in [5.41, 5.74) is 1.25. The lowest BCUT2D eigenvalue weighted by Gasteiger charge is -2.05. The van der Waals surface area contributed by atoms with Gasteiger partial charge < -0.3 is 4.74 Å². The van der Waals surface area contributed by atoms with Crippen molar-refractivity contribution < 1.29 is 4.74 Å². The van der Waals surface area contributed by atoms with E-state index in [2.05, 4.69) is 45.6 Å². The van der Waals surface area contributed by atoms with E-state index in [-0.39, 0.29) is 0 Å². The van der Waals surface area contributed by atoms with Crippen molar-refractivity contribution in [3.63, 3.8) is 0 Å². The molecule has 0 atom stereocenters. The molecule has 1 nitrogen and oxygen atoms in total. The van der Waals surface area contributed by atoms with Crippen LogP contribution in [0.4, 0.5) is 0 Å². The maximum atomic E-state index is 5.80. The molecule has 3 aromatic rings. The van der Waals surface area contributed by atoms with Gasteiger partial charge in [0.25, 0.3) is 0 Å². The zero-order valence-corrected chi connectivity index (χ0v) is 12.0. The van der Waals surface area contributed by atoms with Crippen molar-refractivity contribution in [2.24, 2.45) is 0 Å². The van der Waals surface area contributed by atoms with Gasteiger partial charge in [-0.15, -0.1) is 11.3 Å². The Bertz CT molecular complexity index is 658. The lowest BCUT2D eigenvalue weighted by molar-refractivity contribution is 0.308. The largest absolute Gasteiger partial charge is 0.489 e. The second-order valence-electron chi connectivity index (χ2n) is 4.00. The SMILES string of the molecule is Brc1ccc(OCc2csc3ccccc23)cc1. The van der Waals surface area contributed by atoms with Crippen LogP contribution in [0.1, 0.15) is 5.56 Å². The molecule has 0 fully saturated rings. The van der Waals surface area contributed by atoms with Gasteiger partial charge in [-0.1, -0.05) is 34.1 Å². The van der Waals surface area contributed by atoms with Gasteiger partial charge in [0.2, 0.25) is 0 Å². The molecular weight excluding hydrogens is 308 g/mol. The molecule has 18 heavy (non-hydrogen) atoms. The Morgan fingerprint density at radius 3 is 2.61 bits per heavy atom. The highest BCUT2D eigenvalue weighted by molar-refractivity contribution is 9.10. The normalized spacial score (nSPS) is 10.7. The van der Waals surface area contributed by atoms with Gasteiger partial charge in [-0.25, -0.2) is 0 Å². The van der Waals surface area contributed by atoms with E-state index < -0.39 is 0 Å². The highest BCUT2D eigenvalue weighted by Gasteiger charge is 2.03. The van der Waals surface area contributed by atoms with E-state index in [4.69, 9.17) is 4.74 Å². The van der Waals surface area contributed by atoms with Crippen LogP contribution in [0.3, 0.4) is 0 Å². The molecule has 2 aromatic carbocycles. The number of hydrogen-bond donors (Lipinski definition) is 0. The average Bonchev–Trinajstić information content (AvgIpc) is 2.82. The summed E-state index contributed by atoms with van der Waals surface area (Å²) in [4.78, 5) is 0. The molecule has 0 bridgehead atoms. The van der Waals surface area contributed by atoms with Crippen LogP contribution in [0.15, 0.2) is 58.4 Å². The number of hydrogen-bond acceptors (Lipinski definition) is 2. The van der Waals surface area contributed by atoms with E-state index in [1.54, 1.807) is 11.3 Å². The van der Waals surface area contributed by atoms with E-state index in [0.717, 1.165) is 10.2 Å². The standard InChI is InChI=1S/C15H11BrOS/c16-12-5-7-13(8-6-12)17-9-11-10-18-15-4-2-1-3-14(11)15/h1-8,10H,9H2. The first-order valence-corrected chi connectivity index (χ1v) is 7.34. The molecule has 1 heterocycles. The molecule has 90 valence electrons. The molecule has 0 N–H and O–H groups in total. The average molecular weight is 319 g/mol. The zero-order valence-electron chi connectivity index (χ0n) is 9.60. The molecule has 0 radical (unpaired) electrons. The van der Waals surface area contributed by atoms with Crippen LogP contribution < -0.4 is 4.74 Å². The maximum Gasteiger partial charge on any atom is 0.119 e. The van der Waals surface area contributed by atoms with Crippen molar-refractivity contribution in [3.05, 3.63) is 63.9 Å². The monoisotopic (exact) mass is 318 g/mol. The summed E-state index contributed by atoms with van der Waals surface area (Å²) in [6.07, 6.45) is 0. The quantitative estimate of drug-likeness (QED) is 0.641. The molecule has 0 spiro atoms. The number of rotatable bonds is 3. The predicted molar refractivity (Wildman–Crippen MR) is 80.3 cm³/mol. The fourth-order valence-electron chi connectivity index (χ4n) is 1.84. The Morgan fingerprint density at radius 1 is 1.00 bits per heavy atom. The fraction of sp³-hybridized carbons (Fsp3) is 0.0667. The van der Waals surface area contributed by atoms with Crippen molar-refractivity contribution in [2.75, 3.05) is 0 Å². The van der Waals surface area contributed by atoms with Crippen LogP contribution in [-0.2, 0) is 6.61 Å². The summed E-state index contributed by atoms with van der Waals surface area (Å²) in [5, 5.41) is 3.46. The number of thiophene rings is 1. The van der Waals surface area contributed by atoms with Crippen LogP contribution in [0.5, 0.6) is 5.75 Å². The summed E-state index contributed by atoms with van der Waals surface area (Å²) in [6.45, 7) is 0.617. The van der Waals surface area contributed by atoms with Gasteiger partial charge in [-0.05, 0) is 41.1 Å². The summed E-state index contributed by atoms with van der Waals surface area (Å²) in [6, 6.07) is 16.3. The lowest BCUT2D eigenvalue weighted by atomic mass is 10.2. The molecule has 0 amide bonds. The molecule has 0 aliphatic carbocycles. The van der Waals surface area contributed by atoms with Gasteiger partial charge in [0, 0.05) is 14.7 Å². The van der Waals surface area contributed by atoms with Crippen LogP contribution in [0.2, 0.25) is 0 Å². The van der Waals surface area contributed by atoms with Gasteiger partial charge in [0.15, 0.2) is 0 Å². The van der Waals surface area contributed by atoms with Gasteiger partial charge in [-0.2, -0.15) is 0 Å². The second kappa shape index (κ2) is 5.12. The van der Waals surface area contributed by atoms with Gasteiger partial charge in [-0.3, -0.25) is 0 Å². The topological polar surface area (TPSA) is 9.23 Å². The van der Waals surface area contributed by atoms with E-state index in [0.29, 0.717) is 6.61 Å².